The Bertz CT molecular complexity index is 468. The molecule has 0 aromatic carbocycles. The topological polar surface area (TPSA) is 64.6 Å². The third-order valence-electron chi connectivity index (χ3n) is 3.23. The van der Waals surface area contributed by atoms with Gasteiger partial charge in [0.1, 0.15) is 6.04 Å². The SMILES string of the molecule is CCOC(=O)N[C@H](C(=O)OCC(F)(F)C(F)(F)C(F)(F)F)[C@@H](C)CC. The van der Waals surface area contributed by atoms with Crippen molar-refractivity contribution in [2.24, 2.45) is 5.92 Å². The second-order valence-electron chi connectivity index (χ2n) is 5.11. The van der Waals surface area contributed by atoms with Crippen LogP contribution in [-0.2, 0) is 14.3 Å². The van der Waals surface area contributed by atoms with E-state index in [9.17, 15) is 40.3 Å². The number of ether oxygens (including phenoxy) is 2. The largest absolute Gasteiger partial charge is 0.460 e. The van der Waals surface area contributed by atoms with E-state index >= 15 is 0 Å². The van der Waals surface area contributed by atoms with Crippen molar-refractivity contribution in [1.82, 2.24) is 5.32 Å². The molecule has 0 rings (SSSR count). The summed E-state index contributed by atoms with van der Waals surface area (Å²) in [5, 5.41) is 1.98. The quantitative estimate of drug-likeness (QED) is 0.513. The van der Waals surface area contributed by atoms with E-state index in [1.54, 1.807) is 6.92 Å². The maximum atomic E-state index is 13.1. The lowest BCUT2D eigenvalue weighted by Gasteiger charge is -2.29. The maximum absolute atomic E-state index is 13.1. The standard InChI is InChI=1S/C13H18F7NO4/c1-4-7(3)8(21-10(23)24-5-2)9(22)25-6-11(14,15)12(16,17)13(18,19)20/h7-8H,4-6H2,1-3H3,(H,21,23)/t7-,8-/m0/s1. The van der Waals surface area contributed by atoms with Crippen LogP contribution in [0, 0.1) is 5.92 Å². The van der Waals surface area contributed by atoms with E-state index in [1.165, 1.54) is 13.8 Å². The molecule has 0 spiro atoms. The van der Waals surface area contributed by atoms with Crippen LogP contribution in [0.1, 0.15) is 27.2 Å². The molecule has 0 aliphatic rings. The molecular formula is C13H18F7NO4. The number of hydrogen-bond donors (Lipinski definition) is 1. The van der Waals surface area contributed by atoms with Gasteiger partial charge < -0.3 is 14.8 Å². The van der Waals surface area contributed by atoms with Crippen molar-refractivity contribution >= 4 is 12.1 Å². The molecule has 12 heteroatoms. The molecule has 25 heavy (non-hydrogen) atoms. The molecule has 0 fully saturated rings. The third kappa shape index (κ3) is 5.92. The van der Waals surface area contributed by atoms with Crippen LogP contribution in [0.5, 0.6) is 0 Å². The molecule has 5 nitrogen and oxygen atoms in total. The molecule has 0 radical (unpaired) electrons. The van der Waals surface area contributed by atoms with Crippen LogP contribution in [0.4, 0.5) is 35.5 Å². The molecule has 0 saturated heterocycles. The predicted octanol–water partition coefficient (Wildman–Crippen LogP) is 3.52. The third-order valence-corrected chi connectivity index (χ3v) is 3.23. The Balaban J connectivity index is 5.10. The number of hydrogen-bond acceptors (Lipinski definition) is 4. The van der Waals surface area contributed by atoms with E-state index in [4.69, 9.17) is 0 Å². The lowest BCUT2D eigenvalue weighted by molar-refractivity contribution is -0.359. The summed E-state index contributed by atoms with van der Waals surface area (Å²) in [5.74, 6) is -14.3. The van der Waals surface area contributed by atoms with E-state index in [2.05, 4.69) is 9.47 Å². The number of esters is 1. The minimum atomic E-state index is -6.53. The van der Waals surface area contributed by atoms with E-state index in [1.807, 2.05) is 5.32 Å². The Hall–Kier alpha value is -1.75. The highest BCUT2D eigenvalue weighted by molar-refractivity contribution is 5.81. The van der Waals surface area contributed by atoms with Gasteiger partial charge in [-0.05, 0) is 12.8 Å². The van der Waals surface area contributed by atoms with Crippen molar-refractivity contribution < 1.29 is 49.8 Å². The molecule has 148 valence electrons. The van der Waals surface area contributed by atoms with Crippen molar-refractivity contribution in [1.29, 1.82) is 0 Å². The van der Waals surface area contributed by atoms with Crippen molar-refractivity contribution in [3.8, 4) is 0 Å². The average Bonchev–Trinajstić information content (AvgIpc) is 2.48. The van der Waals surface area contributed by atoms with Gasteiger partial charge in [0, 0.05) is 0 Å². The summed E-state index contributed by atoms with van der Waals surface area (Å²) in [7, 11) is 0. The van der Waals surface area contributed by atoms with Gasteiger partial charge in [-0.1, -0.05) is 20.3 Å². The van der Waals surface area contributed by atoms with Crippen LogP contribution in [-0.4, -0.2) is 49.3 Å². The number of rotatable bonds is 8. The van der Waals surface area contributed by atoms with Gasteiger partial charge in [-0.15, -0.1) is 0 Å². The zero-order valence-electron chi connectivity index (χ0n) is 13.6. The van der Waals surface area contributed by atoms with Crippen molar-refractivity contribution in [2.75, 3.05) is 13.2 Å². The molecule has 0 bridgehead atoms. The number of carbonyl (C=O) groups excluding carboxylic acids is 2. The van der Waals surface area contributed by atoms with Crippen molar-refractivity contribution in [3.05, 3.63) is 0 Å². The van der Waals surface area contributed by atoms with Gasteiger partial charge in [0.15, 0.2) is 6.61 Å². The molecule has 0 heterocycles. The van der Waals surface area contributed by atoms with Crippen LogP contribution < -0.4 is 5.32 Å². The fourth-order valence-corrected chi connectivity index (χ4v) is 1.52. The van der Waals surface area contributed by atoms with Gasteiger partial charge in [0.25, 0.3) is 0 Å². The summed E-state index contributed by atoms with van der Waals surface area (Å²) in [6, 6.07) is -1.56. The Morgan fingerprint density at radius 1 is 1.00 bits per heavy atom. The monoisotopic (exact) mass is 385 g/mol. The van der Waals surface area contributed by atoms with Crippen molar-refractivity contribution in [2.45, 2.75) is 51.3 Å². The number of amides is 1. The van der Waals surface area contributed by atoms with E-state index in [0.717, 1.165) is 0 Å². The molecule has 0 unspecified atom stereocenters. The van der Waals surface area contributed by atoms with Gasteiger partial charge in [0.2, 0.25) is 0 Å². The first-order chi connectivity index (χ1) is 11.2. The highest BCUT2D eigenvalue weighted by Gasteiger charge is 2.73. The maximum Gasteiger partial charge on any atom is 0.460 e. The van der Waals surface area contributed by atoms with Gasteiger partial charge in [-0.25, -0.2) is 9.59 Å². The molecule has 1 N–H and O–H groups in total. The number of carbonyl (C=O) groups is 2. The van der Waals surface area contributed by atoms with Crippen LogP contribution in [0.2, 0.25) is 0 Å². The normalized spacial score (nSPS) is 15.3. The van der Waals surface area contributed by atoms with Crippen molar-refractivity contribution in [3.63, 3.8) is 0 Å². The average molecular weight is 385 g/mol. The first-order valence-electron chi connectivity index (χ1n) is 7.13. The van der Waals surface area contributed by atoms with Crippen LogP contribution in [0.25, 0.3) is 0 Å². The van der Waals surface area contributed by atoms with E-state index < -0.39 is 48.7 Å². The highest BCUT2D eigenvalue weighted by atomic mass is 19.4. The summed E-state index contributed by atoms with van der Waals surface area (Å²) in [5.41, 5.74) is 0. The fraction of sp³-hybridized carbons (Fsp3) is 0.846. The van der Waals surface area contributed by atoms with Crippen LogP contribution >= 0.6 is 0 Å². The minimum Gasteiger partial charge on any atom is -0.457 e. The number of alkyl halides is 7. The minimum absolute atomic E-state index is 0.0794. The fourth-order valence-electron chi connectivity index (χ4n) is 1.52. The Morgan fingerprint density at radius 2 is 1.52 bits per heavy atom. The molecule has 0 aliphatic carbocycles. The van der Waals surface area contributed by atoms with Gasteiger partial charge >= 0.3 is 30.1 Å². The summed E-state index contributed by atoms with van der Waals surface area (Å²) < 4.78 is 96.2. The zero-order valence-corrected chi connectivity index (χ0v) is 13.6. The molecule has 1 amide bonds. The molecular weight excluding hydrogens is 367 g/mol. The smallest absolute Gasteiger partial charge is 0.457 e. The lowest BCUT2D eigenvalue weighted by Crippen LogP contribution is -2.55. The Kier molecular flexibility index (Phi) is 7.97. The Labute approximate surface area is 138 Å². The number of alkyl carbamates (subject to hydrolysis) is 1. The van der Waals surface area contributed by atoms with Gasteiger partial charge in [0.05, 0.1) is 6.61 Å². The predicted molar refractivity (Wildman–Crippen MR) is 70.3 cm³/mol. The summed E-state index contributed by atoms with van der Waals surface area (Å²) in [6.07, 6.45) is -7.39. The molecule has 0 aromatic heterocycles. The second kappa shape index (κ2) is 8.56. The molecule has 0 saturated carbocycles. The zero-order chi connectivity index (χ0) is 20.1. The molecule has 0 aliphatic heterocycles. The summed E-state index contributed by atoms with van der Waals surface area (Å²) in [4.78, 5) is 23.1. The van der Waals surface area contributed by atoms with Crippen LogP contribution in [0.15, 0.2) is 0 Å². The number of halogens is 7. The second-order valence-corrected chi connectivity index (χ2v) is 5.11. The summed E-state index contributed by atoms with van der Waals surface area (Å²) in [6.45, 7) is 1.82. The molecule has 2 atom stereocenters. The first-order valence-corrected chi connectivity index (χ1v) is 7.13. The first kappa shape index (κ1) is 23.2. The summed E-state index contributed by atoms with van der Waals surface area (Å²) >= 11 is 0. The Morgan fingerprint density at radius 3 is 1.92 bits per heavy atom. The van der Waals surface area contributed by atoms with E-state index in [-0.39, 0.29) is 13.0 Å². The van der Waals surface area contributed by atoms with E-state index in [0.29, 0.717) is 0 Å². The molecule has 0 aromatic rings. The van der Waals surface area contributed by atoms with Gasteiger partial charge in [-0.2, -0.15) is 30.7 Å². The number of nitrogens with one attached hydrogen (secondary N) is 1. The van der Waals surface area contributed by atoms with Gasteiger partial charge in [-0.3, -0.25) is 0 Å². The highest BCUT2D eigenvalue weighted by Crippen LogP contribution is 2.46. The lowest BCUT2D eigenvalue weighted by atomic mass is 9.99. The van der Waals surface area contributed by atoms with Crippen LogP contribution in [0.3, 0.4) is 0 Å².